The molecule has 166 valence electrons. The molecular formula is C20H19F4N3O4. The first-order chi connectivity index (χ1) is 14.6. The van der Waals surface area contributed by atoms with Gasteiger partial charge < -0.3 is 25.4 Å². The van der Waals surface area contributed by atoms with Gasteiger partial charge in [-0.3, -0.25) is 9.59 Å². The molecule has 2 amide bonds. The van der Waals surface area contributed by atoms with Crippen LogP contribution in [0.3, 0.4) is 0 Å². The van der Waals surface area contributed by atoms with Crippen LogP contribution in [-0.4, -0.2) is 37.9 Å². The fourth-order valence-corrected chi connectivity index (χ4v) is 2.77. The number of carbonyl (C=O) groups is 2. The number of nitrogens with one attached hydrogen (secondary N) is 3. The van der Waals surface area contributed by atoms with E-state index in [2.05, 4.69) is 10.6 Å². The van der Waals surface area contributed by atoms with Crippen molar-refractivity contribution in [3.8, 4) is 11.5 Å². The van der Waals surface area contributed by atoms with E-state index in [4.69, 9.17) is 9.47 Å². The number of hydrogen-bond acceptors (Lipinski definition) is 5. The molecule has 0 unspecified atom stereocenters. The number of carbonyl (C=O) groups excluding carboxylic acids is 2. The number of fused-ring (bicyclic) bond motifs is 1. The first-order valence-corrected chi connectivity index (χ1v) is 9.16. The van der Waals surface area contributed by atoms with Crippen molar-refractivity contribution in [2.24, 2.45) is 0 Å². The van der Waals surface area contributed by atoms with Crippen LogP contribution < -0.4 is 25.4 Å². The van der Waals surface area contributed by atoms with Crippen LogP contribution in [0.2, 0.25) is 0 Å². The van der Waals surface area contributed by atoms with Gasteiger partial charge >= 0.3 is 6.18 Å². The van der Waals surface area contributed by atoms with Crippen molar-refractivity contribution in [2.75, 3.05) is 25.2 Å². The monoisotopic (exact) mass is 441 g/mol. The summed E-state index contributed by atoms with van der Waals surface area (Å²) < 4.78 is 61.4. The van der Waals surface area contributed by atoms with Crippen LogP contribution in [0.1, 0.15) is 21.5 Å². The molecule has 0 fully saturated rings. The molecule has 31 heavy (non-hydrogen) atoms. The molecule has 3 N–H and O–H groups in total. The zero-order valence-electron chi connectivity index (χ0n) is 16.4. The van der Waals surface area contributed by atoms with Crippen molar-refractivity contribution in [1.29, 1.82) is 0 Å². The van der Waals surface area contributed by atoms with E-state index >= 15 is 0 Å². The Morgan fingerprint density at radius 3 is 2.55 bits per heavy atom. The van der Waals surface area contributed by atoms with Gasteiger partial charge in [0.15, 0.2) is 11.5 Å². The summed E-state index contributed by atoms with van der Waals surface area (Å²) in [6, 6.07) is 7.26. The zero-order valence-corrected chi connectivity index (χ0v) is 16.4. The average molecular weight is 441 g/mol. The molecule has 1 aliphatic rings. The standard InChI is InChI=1S/C20H19F4N3O4/c1-11-14(21)5-13(19(29)27-9-20(22,23)24)6-15(11)25-8-18(28)26-7-12-2-3-16-17(4-12)31-10-30-16/h2-6,25H,7-10H2,1H3,(H,26,28)(H,27,29). The van der Waals surface area contributed by atoms with E-state index in [1.807, 2.05) is 0 Å². The van der Waals surface area contributed by atoms with Crippen molar-refractivity contribution in [2.45, 2.75) is 19.6 Å². The smallest absolute Gasteiger partial charge is 0.405 e. The van der Waals surface area contributed by atoms with Crippen molar-refractivity contribution >= 4 is 17.5 Å². The third-order valence-corrected chi connectivity index (χ3v) is 4.42. The fraction of sp³-hybridized carbons (Fsp3) is 0.300. The highest BCUT2D eigenvalue weighted by atomic mass is 19.4. The molecule has 11 heteroatoms. The molecule has 0 atom stereocenters. The third-order valence-electron chi connectivity index (χ3n) is 4.42. The van der Waals surface area contributed by atoms with Crippen LogP contribution in [0.15, 0.2) is 30.3 Å². The third kappa shape index (κ3) is 6.00. The van der Waals surface area contributed by atoms with E-state index < -0.39 is 30.4 Å². The first-order valence-electron chi connectivity index (χ1n) is 9.16. The highest BCUT2D eigenvalue weighted by molar-refractivity contribution is 5.95. The molecule has 7 nitrogen and oxygen atoms in total. The predicted octanol–water partition coefficient (Wildman–Crippen LogP) is 2.88. The van der Waals surface area contributed by atoms with Gasteiger partial charge in [-0.05, 0) is 36.8 Å². The van der Waals surface area contributed by atoms with Gasteiger partial charge in [0.05, 0.1) is 6.54 Å². The van der Waals surface area contributed by atoms with Crippen molar-refractivity contribution < 1.29 is 36.6 Å². The molecule has 0 aliphatic carbocycles. The molecule has 1 heterocycles. The SMILES string of the molecule is Cc1c(F)cc(C(=O)NCC(F)(F)F)cc1NCC(=O)NCc1ccc2c(c1)OCO2. The summed E-state index contributed by atoms with van der Waals surface area (Å²) in [7, 11) is 0. The maximum atomic E-state index is 14.1. The fourth-order valence-electron chi connectivity index (χ4n) is 2.77. The number of hydrogen-bond donors (Lipinski definition) is 3. The Hall–Kier alpha value is -3.50. The molecule has 2 aromatic rings. The summed E-state index contributed by atoms with van der Waals surface area (Å²) in [5.41, 5.74) is 0.727. The van der Waals surface area contributed by atoms with Gasteiger partial charge in [0.1, 0.15) is 12.4 Å². The lowest BCUT2D eigenvalue weighted by Crippen LogP contribution is -2.34. The quantitative estimate of drug-likeness (QED) is 0.575. The lowest BCUT2D eigenvalue weighted by Gasteiger charge is -2.14. The summed E-state index contributed by atoms with van der Waals surface area (Å²) in [6.07, 6.45) is -4.59. The lowest BCUT2D eigenvalue weighted by molar-refractivity contribution is -0.123. The maximum Gasteiger partial charge on any atom is 0.405 e. The average Bonchev–Trinajstić information content (AvgIpc) is 3.18. The van der Waals surface area contributed by atoms with E-state index in [9.17, 15) is 27.2 Å². The largest absolute Gasteiger partial charge is 0.454 e. The summed E-state index contributed by atoms with van der Waals surface area (Å²) in [6.45, 7) is -0.00690. The van der Waals surface area contributed by atoms with E-state index in [1.54, 1.807) is 23.5 Å². The van der Waals surface area contributed by atoms with E-state index in [0.29, 0.717) is 11.5 Å². The minimum Gasteiger partial charge on any atom is -0.454 e. The van der Waals surface area contributed by atoms with E-state index in [1.165, 1.54) is 13.0 Å². The minimum absolute atomic E-state index is 0.121. The molecule has 0 saturated heterocycles. The van der Waals surface area contributed by atoms with Crippen LogP contribution in [0, 0.1) is 12.7 Å². The second-order valence-electron chi connectivity index (χ2n) is 6.75. The molecule has 0 radical (unpaired) electrons. The van der Waals surface area contributed by atoms with Crippen LogP contribution in [-0.2, 0) is 11.3 Å². The number of rotatable bonds is 7. The molecule has 0 aromatic heterocycles. The Balaban J connectivity index is 1.56. The minimum atomic E-state index is -4.59. The number of anilines is 1. The Morgan fingerprint density at radius 1 is 1.06 bits per heavy atom. The molecular weight excluding hydrogens is 422 g/mol. The molecule has 0 saturated carbocycles. The Morgan fingerprint density at radius 2 is 1.81 bits per heavy atom. The van der Waals surface area contributed by atoms with Gasteiger partial charge in [0, 0.05) is 23.4 Å². The number of halogens is 4. The van der Waals surface area contributed by atoms with Gasteiger partial charge in [0.2, 0.25) is 12.7 Å². The van der Waals surface area contributed by atoms with Crippen LogP contribution >= 0.6 is 0 Å². The number of ether oxygens (including phenoxy) is 2. The van der Waals surface area contributed by atoms with E-state index in [-0.39, 0.29) is 36.7 Å². The molecule has 3 rings (SSSR count). The van der Waals surface area contributed by atoms with Crippen molar-refractivity contribution in [3.05, 3.63) is 52.8 Å². The Kier molecular flexibility index (Phi) is 6.52. The normalized spacial score (nSPS) is 12.4. The Bertz CT molecular complexity index is 995. The summed E-state index contributed by atoms with van der Waals surface area (Å²) in [5.74, 6) is -1.08. The van der Waals surface area contributed by atoms with Gasteiger partial charge in [-0.15, -0.1) is 0 Å². The topological polar surface area (TPSA) is 88.7 Å². The second-order valence-corrected chi connectivity index (χ2v) is 6.75. The molecule has 0 spiro atoms. The van der Waals surface area contributed by atoms with Crippen LogP contribution in [0.4, 0.5) is 23.2 Å². The number of benzene rings is 2. The van der Waals surface area contributed by atoms with E-state index in [0.717, 1.165) is 11.6 Å². The Labute approximate surface area is 174 Å². The second kappa shape index (κ2) is 9.11. The summed E-state index contributed by atoms with van der Waals surface area (Å²) in [5, 5.41) is 7.05. The van der Waals surface area contributed by atoms with Gasteiger partial charge in [0.25, 0.3) is 5.91 Å². The maximum absolute atomic E-state index is 14.1. The van der Waals surface area contributed by atoms with Gasteiger partial charge in [-0.25, -0.2) is 4.39 Å². The van der Waals surface area contributed by atoms with Crippen molar-refractivity contribution in [1.82, 2.24) is 10.6 Å². The first kappa shape index (κ1) is 22.2. The summed E-state index contributed by atoms with van der Waals surface area (Å²) in [4.78, 5) is 24.0. The summed E-state index contributed by atoms with van der Waals surface area (Å²) >= 11 is 0. The van der Waals surface area contributed by atoms with Gasteiger partial charge in [-0.1, -0.05) is 6.07 Å². The molecule has 0 bridgehead atoms. The predicted molar refractivity (Wildman–Crippen MR) is 102 cm³/mol. The van der Waals surface area contributed by atoms with Crippen LogP contribution in [0.25, 0.3) is 0 Å². The number of alkyl halides is 3. The highest BCUT2D eigenvalue weighted by Crippen LogP contribution is 2.32. The molecule has 2 aromatic carbocycles. The van der Waals surface area contributed by atoms with Crippen LogP contribution in [0.5, 0.6) is 11.5 Å². The highest BCUT2D eigenvalue weighted by Gasteiger charge is 2.28. The zero-order chi connectivity index (χ0) is 22.6. The lowest BCUT2D eigenvalue weighted by atomic mass is 10.1. The van der Waals surface area contributed by atoms with Gasteiger partial charge in [-0.2, -0.15) is 13.2 Å². The number of amides is 2. The molecule has 1 aliphatic heterocycles. The van der Waals surface area contributed by atoms with Crippen molar-refractivity contribution in [3.63, 3.8) is 0 Å².